The number of piperazine rings is 1. The highest BCUT2D eigenvalue weighted by molar-refractivity contribution is 5.32. The minimum Gasteiger partial charge on any atom is -0.323 e. The van der Waals surface area contributed by atoms with Gasteiger partial charge in [0.15, 0.2) is 0 Å². The van der Waals surface area contributed by atoms with Gasteiger partial charge in [-0.25, -0.2) is 0 Å². The van der Waals surface area contributed by atoms with Crippen LogP contribution >= 0.6 is 0 Å². The molecule has 1 heterocycles. The van der Waals surface area contributed by atoms with E-state index >= 15 is 0 Å². The van der Waals surface area contributed by atoms with Gasteiger partial charge < -0.3 is 9.80 Å². The smallest absolute Gasteiger partial charge is 0.269 e. The lowest BCUT2D eigenvalue weighted by molar-refractivity contribution is -1.03. The van der Waals surface area contributed by atoms with E-state index < -0.39 is 0 Å². The summed E-state index contributed by atoms with van der Waals surface area (Å²) in [5.74, 6) is 0.909. The molecule has 1 saturated carbocycles. The van der Waals surface area contributed by atoms with Crippen LogP contribution in [-0.4, -0.2) is 37.1 Å². The predicted molar refractivity (Wildman–Crippen MR) is 89.6 cm³/mol. The second kappa shape index (κ2) is 7.41. The Labute approximate surface area is 138 Å². The summed E-state index contributed by atoms with van der Waals surface area (Å²) in [6.07, 6.45) is 5.65. The van der Waals surface area contributed by atoms with Gasteiger partial charge in [0, 0.05) is 24.1 Å². The average Bonchev–Trinajstić information content (AvgIpc) is 2.56. The number of rotatable bonds is 4. The van der Waals surface area contributed by atoms with Gasteiger partial charge in [-0.3, -0.25) is 10.1 Å². The first-order valence-electron chi connectivity index (χ1n) is 9.03. The van der Waals surface area contributed by atoms with Gasteiger partial charge in [0.1, 0.15) is 32.7 Å². The number of nitro groups is 1. The zero-order chi connectivity index (χ0) is 16.2. The normalized spacial score (nSPS) is 31.7. The number of nitro benzene ring substituents is 1. The number of quaternary nitrogens is 2. The van der Waals surface area contributed by atoms with Crippen LogP contribution in [0.2, 0.25) is 0 Å². The topological polar surface area (TPSA) is 52.0 Å². The molecular formula is C18H29N3O2+2. The minimum absolute atomic E-state index is 0.185. The Bertz CT molecular complexity index is 524. The Kier molecular flexibility index (Phi) is 5.28. The van der Waals surface area contributed by atoms with Crippen LogP contribution in [0.25, 0.3) is 0 Å². The molecule has 0 amide bonds. The maximum Gasteiger partial charge on any atom is 0.269 e. The summed E-state index contributed by atoms with van der Waals surface area (Å²) in [6.45, 7) is 8.39. The van der Waals surface area contributed by atoms with Crippen LogP contribution in [0, 0.1) is 16.0 Å². The van der Waals surface area contributed by atoms with Crippen molar-refractivity contribution in [2.75, 3.05) is 26.2 Å². The van der Waals surface area contributed by atoms with Crippen molar-refractivity contribution < 1.29 is 14.7 Å². The van der Waals surface area contributed by atoms with Crippen molar-refractivity contribution in [1.82, 2.24) is 0 Å². The summed E-state index contributed by atoms with van der Waals surface area (Å²) in [4.78, 5) is 13.8. The highest BCUT2D eigenvalue weighted by Gasteiger charge is 2.32. The standard InChI is InChI=1S/C18H27N3O2/c1-15-3-2-4-18(13-15)20-11-9-19(10-12-20)14-16-5-7-17(8-6-16)21(22)23/h5-8,15,18H,2-4,9-14H2,1H3/p+2/t15-,18-/m0/s1. The summed E-state index contributed by atoms with van der Waals surface area (Å²) in [7, 11) is 0. The first kappa shape index (κ1) is 16.4. The van der Waals surface area contributed by atoms with E-state index in [4.69, 9.17) is 0 Å². The fourth-order valence-corrected chi connectivity index (χ4v) is 4.34. The second-order valence-corrected chi connectivity index (χ2v) is 7.48. The quantitative estimate of drug-likeness (QED) is 0.626. The SMILES string of the molecule is C[C@H]1CCC[C@H]([NH+]2CC[NH+](Cc3ccc([N+](=O)[O-])cc3)CC2)C1. The molecule has 1 aliphatic carbocycles. The summed E-state index contributed by atoms with van der Waals surface area (Å²) in [6, 6.07) is 7.96. The lowest BCUT2D eigenvalue weighted by atomic mass is 9.86. The van der Waals surface area contributed by atoms with Crippen LogP contribution in [0.5, 0.6) is 0 Å². The monoisotopic (exact) mass is 319 g/mol. The Balaban J connectivity index is 1.48. The molecule has 1 aromatic carbocycles. The lowest BCUT2D eigenvalue weighted by Gasteiger charge is -2.37. The molecule has 2 N–H and O–H groups in total. The fourth-order valence-electron chi connectivity index (χ4n) is 4.34. The molecule has 2 aliphatic rings. The average molecular weight is 319 g/mol. The maximum absolute atomic E-state index is 10.7. The third kappa shape index (κ3) is 4.30. The summed E-state index contributed by atoms with van der Waals surface area (Å²) in [5.41, 5.74) is 1.39. The highest BCUT2D eigenvalue weighted by Crippen LogP contribution is 2.21. The molecule has 1 saturated heterocycles. The van der Waals surface area contributed by atoms with Crippen molar-refractivity contribution in [1.29, 1.82) is 0 Å². The van der Waals surface area contributed by atoms with Crippen LogP contribution in [-0.2, 0) is 6.54 Å². The van der Waals surface area contributed by atoms with Gasteiger partial charge in [-0.2, -0.15) is 0 Å². The molecule has 1 aliphatic heterocycles. The van der Waals surface area contributed by atoms with E-state index in [0.29, 0.717) is 0 Å². The van der Waals surface area contributed by atoms with Crippen LogP contribution in [0.3, 0.4) is 0 Å². The Morgan fingerprint density at radius 3 is 2.43 bits per heavy atom. The van der Waals surface area contributed by atoms with Crippen LogP contribution in [0.4, 0.5) is 5.69 Å². The number of non-ortho nitro benzene ring substituents is 1. The molecule has 5 heteroatoms. The predicted octanol–water partition coefficient (Wildman–Crippen LogP) is 0.457. The third-order valence-corrected chi connectivity index (χ3v) is 5.71. The number of nitrogens with zero attached hydrogens (tertiary/aromatic N) is 1. The lowest BCUT2D eigenvalue weighted by Crippen LogP contribution is -3.29. The molecule has 2 atom stereocenters. The van der Waals surface area contributed by atoms with Crippen molar-refractivity contribution in [3.63, 3.8) is 0 Å². The van der Waals surface area contributed by atoms with Crippen LogP contribution in [0.1, 0.15) is 38.2 Å². The molecular weight excluding hydrogens is 290 g/mol. The summed E-state index contributed by atoms with van der Waals surface area (Å²) in [5, 5.41) is 10.7. The Morgan fingerprint density at radius 2 is 1.83 bits per heavy atom. The van der Waals surface area contributed by atoms with E-state index in [1.165, 1.54) is 57.4 Å². The van der Waals surface area contributed by atoms with Crippen molar-refractivity contribution in [2.24, 2.45) is 5.92 Å². The molecule has 126 valence electrons. The first-order chi connectivity index (χ1) is 11.1. The highest BCUT2D eigenvalue weighted by atomic mass is 16.6. The molecule has 3 rings (SSSR count). The van der Waals surface area contributed by atoms with Crippen molar-refractivity contribution >= 4 is 5.69 Å². The molecule has 23 heavy (non-hydrogen) atoms. The zero-order valence-corrected chi connectivity index (χ0v) is 14.1. The van der Waals surface area contributed by atoms with Gasteiger partial charge in [0.05, 0.1) is 11.0 Å². The molecule has 0 unspecified atom stereocenters. The molecule has 5 nitrogen and oxygen atoms in total. The summed E-state index contributed by atoms with van der Waals surface area (Å²) >= 11 is 0. The zero-order valence-electron chi connectivity index (χ0n) is 14.1. The molecule has 2 fully saturated rings. The molecule has 0 spiro atoms. The van der Waals surface area contributed by atoms with Crippen molar-refractivity contribution in [2.45, 2.75) is 45.2 Å². The van der Waals surface area contributed by atoms with E-state index in [-0.39, 0.29) is 10.6 Å². The van der Waals surface area contributed by atoms with Gasteiger partial charge in [0.25, 0.3) is 5.69 Å². The number of hydrogen-bond acceptors (Lipinski definition) is 2. The molecule has 0 radical (unpaired) electrons. The molecule has 1 aromatic rings. The van der Waals surface area contributed by atoms with Crippen molar-refractivity contribution in [3.05, 3.63) is 39.9 Å². The largest absolute Gasteiger partial charge is 0.323 e. The van der Waals surface area contributed by atoms with E-state index in [2.05, 4.69) is 6.92 Å². The van der Waals surface area contributed by atoms with Crippen LogP contribution in [0.15, 0.2) is 24.3 Å². The van der Waals surface area contributed by atoms with Gasteiger partial charge in [-0.05, 0) is 30.9 Å². The number of hydrogen-bond donors (Lipinski definition) is 2. The van der Waals surface area contributed by atoms with E-state index in [1.807, 2.05) is 17.0 Å². The molecule has 0 bridgehead atoms. The first-order valence-corrected chi connectivity index (χ1v) is 9.03. The van der Waals surface area contributed by atoms with E-state index in [9.17, 15) is 10.1 Å². The van der Waals surface area contributed by atoms with E-state index in [0.717, 1.165) is 18.5 Å². The Morgan fingerprint density at radius 1 is 1.13 bits per heavy atom. The maximum atomic E-state index is 10.7. The third-order valence-electron chi connectivity index (χ3n) is 5.71. The van der Waals surface area contributed by atoms with Crippen molar-refractivity contribution in [3.8, 4) is 0 Å². The fraction of sp³-hybridized carbons (Fsp3) is 0.667. The van der Waals surface area contributed by atoms with Gasteiger partial charge in [-0.1, -0.05) is 13.3 Å². The van der Waals surface area contributed by atoms with Gasteiger partial charge in [0.2, 0.25) is 0 Å². The van der Waals surface area contributed by atoms with Gasteiger partial charge >= 0.3 is 0 Å². The minimum atomic E-state index is -0.329. The second-order valence-electron chi connectivity index (χ2n) is 7.48. The molecule has 0 aromatic heterocycles. The Hall–Kier alpha value is -1.46. The number of nitrogens with one attached hydrogen (secondary N) is 2. The number of benzene rings is 1. The van der Waals surface area contributed by atoms with Crippen LogP contribution < -0.4 is 9.80 Å². The van der Waals surface area contributed by atoms with Gasteiger partial charge in [-0.15, -0.1) is 0 Å². The van der Waals surface area contributed by atoms with E-state index in [1.54, 1.807) is 17.0 Å². The summed E-state index contributed by atoms with van der Waals surface area (Å²) < 4.78 is 0.